The number of hydrogen-bond donors (Lipinski definition) is 1. The number of aliphatic hydroxyl groups is 1. The monoisotopic (exact) mass is 288 g/mol. The van der Waals surface area contributed by atoms with E-state index in [-0.39, 0.29) is 17.9 Å². The predicted octanol–water partition coefficient (Wildman–Crippen LogP) is 0.985. The third-order valence-corrected chi connectivity index (χ3v) is 4.52. The highest BCUT2D eigenvalue weighted by molar-refractivity contribution is 6.21. The maximum Gasteiger partial charge on any atom is 0.261 e. The van der Waals surface area contributed by atoms with Crippen molar-refractivity contribution in [3.8, 4) is 0 Å². The summed E-state index contributed by atoms with van der Waals surface area (Å²) in [4.78, 5) is 27.9. The predicted molar refractivity (Wildman–Crippen MR) is 78.0 cm³/mol. The Morgan fingerprint density at radius 3 is 2.33 bits per heavy atom. The molecule has 3 rings (SSSR count). The summed E-state index contributed by atoms with van der Waals surface area (Å²) in [6.07, 6.45) is 0.629. The summed E-state index contributed by atoms with van der Waals surface area (Å²) in [7, 11) is 0. The quantitative estimate of drug-likeness (QED) is 0.843. The zero-order valence-corrected chi connectivity index (χ0v) is 12.2. The number of nitrogens with zero attached hydrogens (tertiary/aromatic N) is 2. The van der Waals surface area contributed by atoms with E-state index in [9.17, 15) is 14.7 Å². The molecule has 2 aliphatic heterocycles. The van der Waals surface area contributed by atoms with Crippen LogP contribution in [0.25, 0.3) is 0 Å². The van der Waals surface area contributed by atoms with Crippen molar-refractivity contribution in [1.29, 1.82) is 0 Å². The van der Waals surface area contributed by atoms with Crippen LogP contribution in [0.1, 0.15) is 34.1 Å². The smallest absolute Gasteiger partial charge is 0.261 e. The molecule has 21 heavy (non-hydrogen) atoms. The Morgan fingerprint density at radius 1 is 1.14 bits per heavy atom. The summed E-state index contributed by atoms with van der Waals surface area (Å²) >= 11 is 0. The van der Waals surface area contributed by atoms with E-state index < -0.39 is 0 Å². The van der Waals surface area contributed by atoms with E-state index in [2.05, 4.69) is 4.90 Å². The molecule has 1 saturated heterocycles. The second kappa shape index (κ2) is 5.58. The Morgan fingerprint density at radius 2 is 1.76 bits per heavy atom. The molecule has 2 heterocycles. The molecule has 2 amide bonds. The van der Waals surface area contributed by atoms with Gasteiger partial charge in [0.05, 0.1) is 17.2 Å². The lowest BCUT2D eigenvalue weighted by Gasteiger charge is -2.34. The van der Waals surface area contributed by atoms with E-state index in [1.54, 1.807) is 24.3 Å². The van der Waals surface area contributed by atoms with Crippen LogP contribution in [0.2, 0.25) is 0 Å². The number of benzene rings is 1. The van der Waals surface area contributed by atoms with Crippen LogP contribution in [0.4, 0.5) is 0 Å². The van der Waals surface area contributed by atoms with E-state index in [4.69, 9.17) is 0 Å². The van der Waals surface area contributed by atoms with Crippen molar-refractivity contribution in [2.45, 2.75) is 19.4 Å². The molecule has 1 N–H and O–H groups in total. The molecule has 0 aromatic heterocycles. The average molecular weight is 288 g/mol. The van der Waals surface area contributed by atoms with Gasteiger partial charge in [0.1, 0.15) is 0 Å². The first-order chi connectivity index (χ1) is 10.1. The van der Waals surface area contributed by atoms with Crippen molar-refractivity contribution < 1.29 is 14.7 Å². The van der Waals surface area contributed by atoms with Crippen LogP contribution in [0, 0.1) is 5.92 Å². The Balaban J connectivity index is 1.62. The van der Waals surface area contributed by atoms with Crippen LogP contribution < -0.4 is 0 Å². The van der Waals surface area contributed by atoms with E-state index in [0.717, 1.165) is 13.0 Å². The van der Waals surface area contributed by atoms with Crippen LogP contribution in [0.5, 0.6) is 0 Å². The topological polar surface area (TPSA) is 60.9 Å². The van der Waals surface area contributed by atoms with Gasteiger partial charge in [0, 0.05) is 19.6 Å². The van der Waals surface area contributed by atoms with Crippen LogP contribution >= 0.6 is 0 Å². The highest BCUT2D eigenvalue weighted by Gasteiger charge is 2.35. The van der Waals surface area contributed by atoms with Gasteiger partial charge in [-0.15, -0.1) is 0 Å². The molecular formula is C16H20N2O3. The molecular weight excluding hydrogens is 268 g/mol. The van der Waals surface area contributed by atoms with Crippen molar-refractivity contribution in [3.63, 3.8) is 0 Å². The molecule has 2 aliphatic rings. The van der Waals surface area contributed by atoms with Crippen molar-refractivity contribution in [1.82, 2.24) is 9.80 Å². The fourth-order valence-electron chi connectivity index (χ4n) is 3.00. The molecule has 2 unspecified atom stereocenters. The molecule has 0 bridgehead atoms. The number of aliphatic hydroxyl groups excluding tert-OH is 1. The lowest BCUT2D eigenvalue weighted by atomic mass is 9.96. The fourth-order valence-corrected chi connectivity index (χ4v) is 3.00. The summed E-state index contributed by atoms with van der Waals surface area (Å²) in [6.45, 7) is 4.57. The van der Waals surface area contributed by atoms with Crippen LogP contribution in [-0.2, 0) is 0 Å². The third-order valence-electron chi connectivity index (χ3n) is 4.52. The number of rotatable bonds is 3. The van der Waals surface area contributed by atoms with Gasteiger partial charge in [0.2, 0.25) is 0 Å². The SMILES string of the molecule is CC1CCN(CCN2C(=O)c3ccccc3C2=O)CC1O. The molecule has 1 aromatic carbocycles. The minimum Gasteiger partial charge on any atom is -0.392 e. The summed E-state index contributed by atoms with van der Waals surface area (Å²) in [5.74, 6) is -0.0939. The highest BCUT2D eigenvalue weighted by Crippen LogP contribution is 2.22. The Hall–Kier alpha value is -1.72. The first-order valence-corrected chi connectivity index (χ1v) is 7.43. The number of amides is 2. The molecule has 0 radical (unpaired) electrons. The van der Waals surface area contributed by atoms with Gasteiger partial charge in [-0.25, -0.2) is 0 Å². The summed E-state index contributed by atoms with van der Waals surface area (Å²) in [5, 5.41) is 9.90. The summed E-state index contributed by atoms with van der Waals surface area (Å²) in [5.41, 5.74) is 0.990. The zero-order valence-electron chi connectivity index (χ0n) is 12.2. The molecule has 0 spiro atoms. The number of imide groups is 1. The molecule has 5 heteroatoms. The van der Waals surface area contributed by atoms with Gasteiger partial charge >= 0.3 is 0 Å². The van der Waals surface area contributed by atoms with Crippen molar-refractivity contribution in [2.75, 3.05) is 26.2 Å². The Labute approximate surface area is 124 Å². The van der Waals surface area contributed by atoms with E-state index >= 15 is 0 Å². The second-order valence-corrected chi connectivity index (χ2v) is 5.94. The third kappa shape index (κ3) is 2.59. The van der Waals surface area contributed by atoms with Gasteiger partial charge in [-0.1, -0.05) is 19.1 Å². The Bertz CT molecular complexity index is 537. The zero-order chi connectivity index (χ0) is 15.0. The van der Waals surface area contributed by atoms with Gasteiger partial charge in [-0.3, -0.25) is 19.4 Å². The van der Waals surface area contributed by atoms with Gasteiger partial charge in [-0.05, 0) is 31.0 Å². The van der Waals surface area contributed by atoms with E-state index in [1.807, 2.05) is 6.92 Å². The fraction of sp³-hybridized carbons (Fsp3) is 0.500. The molecule has 0 aliphatic carbocycles. The number of piperidine rings is 1. The van der Waals surface area contributed by atoms with Gasteiger partial charge in [0.25, 0.3) is 11.8 Å². The number of hydrogen-bond acceptors (Lipinski definition) is 4. The molecule has 112 valence electrons. The molecule has 5 nitrogen and oxygen atoms in total. The van der Waals surface area contributed by atoms with Crippen molar-refractivity contribution >= 4 is 11.8 Å². The number of β-amino-alcohol motifs (C(OH)–C–C–N with tert-alkyl or cyclic N) is 1. The largest absolute Gasteiger partial charge is 0.392 e. The van der Waals surface area contributed by atoms with Crippen molar-refractivity contribution in [3.05, 3.63) is 35.4 Å². The minimum atomic E-state index is -0.319. The Kier molecular flexibility index (Phi) is 3.78. The van der Waals surface area contributed by atoms with Crippen LogP contribution in [0.3, 0.4) is 0 Å². The second-order valence-electron chi connectivity index (χ2n) is 5.94. The highest BCUT2D eigenvalue weighted by atomic mass is 16.3. The van der Waals surface area contributed by atoms with Gasteiger partial charge in [-0.2, -0.15) is 0 Å². The van der Waals surface area contributed by atoms with E-state index in [0.29, 0.717) is 36.7 Å². The average Bonchev–Trinajstić information content (AvgIpc) is 2.73. The number of likely N-dealkylation sites (tertiary alicyclic amines) is 1. The normalized spacial score (nSPS) is 26.3. The van der Waals surface area contributed by atoms with Crippen LogP contribution in [0.15, 0.2) is 24.3 Å². The molecule has 0 saturated carbocycles. The first-order valence-electron chi connectivity index (χ1n) is 7.43. The molecule has 1 fully saturated rings. The van der Waals surface area contributed by atoms with Gasteiger partial charge < -0.3 is 5.11 Å². The maximum absolute atomic E-state index is 12.2. The standard InChI is InChI=1S/C16H20N2O3/c1-11-6-7-17(10-14(11)19)8-9-18-15(20)12-4-2-3-5-13(12)16(18)21/h2-5,11,14,19H,6-10H2,1H3. The molecule has 2 atom stereocenters. The van der Waals surface area contributed by atoms with E-state index in [1.165, 1.54) is 4.90 Å². The summed E-state index contributed by atoms with van der Waals surface area (Å²) < 4.78 is 0. The van der Waals surface area contributed by atoms with Crippen molar-refractivity contribution in [2.24, 2.45) is 5.92 Å². The number of fused-ring (bicyclic) bond motifs is 1. The minimum absolute atomic E-state index is 0.207. The maximum atomic E-state index is 12.2. The lowest BCUT2D eigenvalue weighted by molar-refractivity contribution is 0.0254. The van der Waals surface area contributed by atoms with Crippen LogP contribution in [-0.4, -0.2) is 59.0 Å². The number of carbonyl (C=O) groups excluding carboxylic acids is 2. The first kappa shape index (κ1) is 14.2. The lowest BCUT2D eigenvalue weighted by Crippen LogP contribution is -2.46. The number of carbonyl (C=O) groups is 2. The summed E-state index contributed by atoms with van der Waals surface area (Å²) in [6, 6.07) is 6.94. The van der Waals surface area contributed by atoms with Gasteiger partial charge in [0.15, 0.2) is 0 Å². The molecule has 1 aromatic rings.